The summed E-state index contributed by atoms with van der Waals surface area (Å²) in [5.74, 6) is -2.50. The Hall–Kier alpha value is -4.08. The quantitative estimate of drug-likeness (QED) is 0.330. The summed E-state index contributed by atoms with van der Waals surface area (Å²) in [6, 6.07) is 4.71. The molecule has 0 saturated carbocycles. The van der Waals surface area contributed by atoms with Crippen molar-refractivity contribution in [3.63, 3.8) is 0 Å². The number of rotatable bonds is 5. The van der Waals surface area contributed by atoms with Crippen LogP contribution in [0.3, 0.4) is 0 Å². The zero-order chi connectivity index (χ0) is 31.6. The van der Waals surface area contributed by atoms with Gasteiger partial charge < -0.3 is 14.2 Å². The molecule has 0 fully saturated rings. The Balaban J connectivity index is 1.96. The number of halogens is 2. The van der Waals surface area contributed by atoms with Crippen LogP contribution < -0.4 is 9.64 Å². The lowest BCUT2D eigenvalue weighted by atomic mass is 10.0. The number of pyridine rings is 2. The van der Waals surface area contributed by atoms with Gasteiger partial charge >= 0.3 is 12.2 Å². The van der Waals surface area contributed by atoms with Crippen molar-refractivity contribution < 1.29 is 36.7 Å². The zero-order valence-electron chi connectivity index (χ0n) is 25.9. The summed E-state index contributed by atoms with van der Waals surface area (Å²) in [5, 5.41) is 0. The predicted molar refractivity (Wildman–Crippen MR) is 142 cm³/mol. The molecule has 0 bridgehead atoms. The summed E-state index contributed by atoms with van der Waals surface area (Å²) in [7, 11) is 0. The molecule has 10 heteroatoms. The summed E-state index contributed by atoms with van der Waals surface area (Å²) in [4.78, 5) is 34.4. The van der Waals surface area contributed by atoms with Gasteiger partial charge in [-0.25, -0.2) is 23.4 Å². The van der Waals surface area contributed by atoms with Crippen molar-refractivity contribution in [1.29, 1.82) is 0 Å². The van der Waals surface area contributed by atoms with Crippen LogP contribution in [0.5, 0.6) is 11.5 Å². The summed E-state index contributed by atoms with van der Waals surface area (Å²) in [5.41, 5.74) is -1.12. The van der Waals surface area contributed by atoms with Gasteiger partial charge in [-0.05, 0) is 95.8 Å². The predicted octanol–water partition coefficient (Wildman–Crippen LogP) is 7.43. The highest BCUT2D eigenvalue weighted by molar-refractivity contribution is 6.08. The maximum Gasteiger partial charge on any atom is 0.425 e. The van der Waals surface area contributed by atoms with Gasteiger partial charge in [-0.1, -0.05) is 6.07 Å². The van der Waals surface area contributed by atoms with Crippen LogP contribution in [0.25, 0.3) is 0 Å². The number of imide groups is 1. The Kier molecular flexibility index (Phi) is 7.33. The third-order valence-corrected chi connectivity index (χ3v) is 5.12. The van der Waals surface area contributed by atoms with Crippen molar-refractivity contribution in [2.75, 3.05) is 4.90 Å². The number of carbonyl (C=O) groups excluding carboxylic acids is 2. The fourth-order valence-electron chi connectivity index (χ4n) is 3.36. The van der Waals surface area contributed by atoms with E-state index in [4.69, 9.17) is 18.3 Å². The van der Waals surface area contributed by atoms with E-state index in [1.165, 1.54) is 36.8 Å². The first-order valence-corrected chi connectivity index (χ1v) is 12.1. The molecule has 0 radical (unpaired) electrons. The number of aromatic nitrogens is 2. The standard InChI is InChI=1S/C29H33F2N3O5/c1-17-9-10-22(21(30)13-17)37-23-16-32-15-20(18(23)2)14-19-11-12-33-25(24(19)31)34(26(35)38-28(3,4)5)27(36)39-29(6,7)8/h9-13,15-16H,14H2,1-8H3/i1D3. The molecule has 0 aliphatic rings. The number of anilines is 1. The first-order valence-electron chi connectivity index (χ1n) is 13.6. The van der Waals surface area contributed by atoms with Gasteiger partial charge in [0, 0.05) is 22.9 Å². The second kappa shape index (κ2) is 11.3. The lowest BCUT2D eigenvalue weighted by Gasteiger charge is -2.28. The third kappa shape index (κ3) is 7.72. The van der Waals surface area contributed by atoms with Crippen molar-refractivity contribution in [2.45, 2.75) is 72.9 Å². The number of hydrogen-bond donors (Lipinski definition) is 0. The summed E-state index contributed by atoms with van der Waals surface area (Å²) in [6.07, 6.45) is 1.65. The summed E-state index contributed by atoms with van der Waals surface area (Å²) < 4.78 is 69.2. The monoisotopic (exact) mass is 544 g/mol. The van der Waals surface area contributed by atoms with E-state index < -0.39 is 47.7 Å². The second-order valence-corrected chi connectivity index (χ2v) is 10.7. The molecule has 0 spiro atoms. The maximum absolute atomic E-state index is 15.9. The number of hydrogen-bond acceptors (Lipinski definition) is 7. The van der Waals surface area contributed by atoms with Crippen molar-refractivity contribution in [3.05, 3.63) is 76.7 Å². The second-order valence-electron chi connectivity index (χ2n) is 10.7. The van der Waals surface area contributed by atoms with Crippen LogP contribution in [0.2, 0.25) is 0 Å². The highest BCUT2D eigenvalue weighted by atomic mass is 19.1. The zero-order valence-corrected chi connectivity index (χ0v) is 22.9. The van der Waals surface area contributed by atoms with E-state index in [9.17, 15) is 14.0 Å². The van der Waals surface area contributed by atoms with E-state index in [0.717, 1.165) is 6.07 Å². The summed E-state index contributed by atoms with van der Waals surface area (Å²) >= 11 is 0. The number of benzene rings is 1. The number of amides is 2. The minimum atomic E-state index is -2.48. The molecule has 0 saturated heterocycles. The average molecular weight is 545 g/mol. The number of nitrogens with zero attached hydrogens (tertiary/aromatic N) is 3. The molecule has 2 aromatic heterocycles. The van der Waals surface area contributed by atoms with Gasteiger partial charge in [-0.3, -0.25) is 4.98 Å². The molecule has 8 nitrogen and oxygen atoms in total. The van der Waals surface area contributed by atoms with Gasteiger partial charge in [-0.2, -0.15) is 4.90 Å². The molecule has 0 aliphatic heterocycles. The molecular weight excluding hydrogens is 508 g/mol. The van der Waals surface area contributed by atoms with E-state index in [2.05, 4.69) is 9.97 Å². The molecule has 3 rings (SSSR count). The lowest BCUT2D eigenvalue weighted by Crippen LogP contribution is -2.44. The van der Waals surface area contributed by atoms with Crippen LogP contribution in [-0.4, -0.2) is 33.4 Å². The van der Waals surface area contributed by atoms with Crippen molar-refractivity contribution in [1.82, 2.24) is 9.97 Å². The smallest absolute Gasteiger partial charge is 0.425 e. The van der Waals surface area contributed by atoms with Crippen LogP contribution in [0.1, 0.15) is 67.9 Å². The van der Waals surface area contributed by atoms with Gasteiger partial charge in [0.25, 0.3) is 0 Å². The number of carbonyl (C=O) groups is 2. The fourth-order valence-corrected chi connectivity index (χ4v) is 3.36. The molecule has 2 heterocycles. The van der Waals surface area contributed by atoms with Crippen LogP contribution in [0.15, 0.2) is 42.9 Å². The Labute approximate surface area is 231 Å². The van der Waals surface area contributed by atoms with Crippen molar-refractivity contribution >= 4 is 18.0 Å². The van der Waals surface area contributed by atoms with Crippen LogP contribution >= 0.6 is 0 Å². The number of ether oxygens (including phenoxy) is 3. The molecule has 2 amide bonds. The van der Waals surface area contributed by atoms with E-state index >= 15 is 4.39 Å². The maximum atomic E-state index is 15.9. The molecule has 0 aliphatic carbocycles. The topological polar surface area (TPSA) is 90.9 Å². The average Bonchev–Trinajstić information content (AvgIpc) is 2.82. The van der Waals surface area contributed by atoms with Gasteiger partial charge in [0.1, 0.15) is 17.0 Å². The van der Waals surface area contributed by atoms with Gasteiger partial charge in [0.05, 0.1) is 6.20 Å². The molecule has 0 N–H and O–H groups in total. The first kappa shape index (κ1) is 25.2. The SMILES string of the molecule is [2H]C([2H])([2H])c1ccc(Oc2cncc(Cc3ccnc(N(C(=O)OC(C)(C)C)C(=O)OC(C)(C)C)c3F)c2C)c(F)c1. The largest absolute Gasteiger partial charge is 0.452 e. The Morgan fingerprint density at radius 1 is 0.949 bits per heavy atom. The summed E-state index contributed by atoms with van der Waals surface area (Å²) in [6.45, 7) is 8.75. The lowest BCUT2D eigenvalue weighted by molar-refractivity contribution is 0.0427. The third-order valence-electron chi connectivity index (χ3n) is 5.12. The Bertz CT molecular complexity index is 1460. The first-order chi connectivity index (χ1) is 19.3. The molecule has 39 heavy (non-hydrogen) atoms. The van der Waals surface area contributed by atoms with Crippen molar-refractivity contribution in [2.24, 2.45) is 0 Å². The Morgan fingerprint density at radius 2 is 1.59 bits per heavy atom. The van der Waals surface area contributed by atoms with Crippen LogP contribution in [0.4, 0.5) is 24.2 Å². The van der Waals surface area contributed by atoms with Gasteiger partial charge in [0.15, 0.2) is 23.2 Å². The minimum Gasteiger partial charge on any atom is -0.452 e. The van der Waals surface area contributed by atoms with E-state index in [1.807, 2.05) is 0 Å². The fraction of sp³-hybridized carbons (Fsp3) is 0.379. The van der Waals surface area contributed by atoms with E-state index in [0.29, 0.717) is 16.0 Å². The van der Waals surface area contributed by atoms with E-state index in [-0.39, 0.29) is 29.0 Å². The van der Waals surface area contributed by atoms with Gasteiger partial charge in [-0.15, -0.1) is 0 Å². The Morgan fingerprint density at radius 3 is 2.15 bits per heavy atom. The molecule has 1 aromatic carbocycles. The minimum absolute atomic E-state index is 0.0612. The highest BCUT2D eigenvalue weighted by Gasteiger charge is 2.36. The molecule has 0 atom stereocenters. The van der Waals surface area contributed by atoms with Crippen LogP contribution in [-0.2, 0) is 15.9 Å². The van der Waals surface area contributed by atoms with Crippen LogP contribution in [0, 0.1) is 25.4 Å². The molecular formula is C29H33F2N3O5. The molecule has 3 aromatic rings. The van der Waals surface area contributed by atoms with Gasteiger partial charge in [0.2, 0.25) is 0 Å². The molecule has 0 unspecified atom stereocenters. The highest BCUT2D eigenvalue weighted by Crippen LogP contribution is 2.31. The van der Waals surface area contributed by atoms with Crippen molar-refractivity contribution in [3.8, 4) is 11.5 Å². The number of aryl methyl sites for hydroxylation is 1. The normalized spacial score (nSPS) is 13.1. The van der Waals surface area contributed by atoms with E-state index in [1.54, 1.807) is 48.5 Å². The molecule has 208 valence electrons.